The molecule has 1 aromatic heterocycles. The van der Waals surface area contributed by atoms with Gasteiger partial charge in [-0.05, 0) is 23.6 Å². The maximum Gasteiger partial charge on any atom is 0.324 e. The second-order valence-electron chi connectivity index (χ2n) is 7.58. The fourth-order valence-electron chi connectivity index (χ4n) is 3.62. The predicted molar refractivity (Wildman–Crippen MR) is 113 cm³/mol. The van der Waals surface area contributed by atoms with Crippen LogP contribution in [-0.2, 0) is 17.9 Å². The number of imidazole rings is 1. The Balaban J connectivity index is 1.45. The SMILES string of the molecule is CC(C)C(NC(=O)N1CCn2c1nc1ccccc12)C(=O)NCc1ccccc1. The Morgan fingerprint density at radius 1 is 1.03 bits per heavy atom. The molecule has 0 bridgehead atoms. The summed E-state index contributed by atoms with van der Waals surface area (Å²) >= 11 is 0. The first kappa shape index (κ1) is 19.0. The number of urea groups is 1. The lowest BCUT2D eigenvalue weighted by Gasteiger charge is -2.24. The molecule has 7 nitrogen and oxygen atoms in total. The van der Waals surface area contributed by atoms with E-state index in [9.17, 15) is 9.59 Å². The van der Waals surface area contributed by atoms with Gasteiger partial charge in [-0.2, -0.15) is 0 Å². The average molecular weight is 391 g/mol. The Hall–Kier alpha value is -3.35. The van der Waals surface area contributed by atoms with Crippen LogP contribution in [-0.4, -0.2) is 34.1 Å². The monoisotopic (exact) mass is 391 g/mol. The molecule has 0 radical (unpaired) electrons. The Labute approximate surface area is 169 Å². The van der Waals surface area contributed by atoms with Crippen molar-refractivity contribution in [3.05, 3.63) is 60.2 Å². The molecule has 7 heteroatoms. The summed E-state index contributed by atoms with van der Waals surface area (Å²) in [7, 11) is 0. The van der Waals surface area contributed by atoms with Crippen LogP contribution in [0.5, 0.6) is 0 Å². The first-order valence-electron chi connectivity index (χ1n) is 9.89. The van der Waals surface area contributed by atoms with E-state index in [0.29, 0.717) is 25.6 Å². The molecule has 2 aromatic carbocycles. The van der Waals surface area contributed by atoms with E-state index in [4.69, 9.17) is 0 Å². The van der Waals surface area contributed by atoms with E-state index in [2.05, 4.69) is 15.6 Å². The van der Waals surface area contributed by atoms with Crippen molar-refractivity contribution >= 4 is 28.9 Å². The number of rotatable bonds is 5. The number of anilines is 1. The van der Waals surface area contributed by atoms with Crippen LogP contribution in [0.2, 0.25) is 0 Å². The van der Waals surface area contributed by atoms with Gasteiger partial charge in [-0.3, -0.25) is 9.69 Å². The molecule has 0 saturated carbocycles. The molecule has 0 fully saturated rings. The van der Waals surface area contributed by atoms with Gasteiger partial charge in [0.2, 0.25) is 11.9 Å². The van der Waals surface area contributed by atoms with Gasteiger partial charge in [-0.1, -0.05) is 56.3 Å². The van der Waals surface area contributed by atoms with E-state index >= 15 is 0 Å². The molecule has 29 heavy (non-hydrogen) atoms. The van der Waals surface area contributed by atoms with Crippen molar-refractivity contribution in [1.82, 2.24) is 20.2 Å². The molecule has 4 rings (SSSR count). The predicted octanol–water partition coefficient (Wildman–Crippen LogP) is 2.91. The Kier molecular flexibility index (Phi) is 5.20. The first-order chi connectivity index (χ1) is 14.0. The zero-order valence-corrected chi connectivity index (χ0v) is 16.6. The zero-order chi connectivity index (χ0) is 20.4. The largest absolute Gasteiger partial charge is 0.350 e. The van der Waals surface area contributed by atoms with Gasteiger partial charge in [0.15, 0.2) is 0 Å². The summed E-state index contributed by atoms with van der Waals surface area (Å²) in [4.78, 5) is 31.9. The maximum atomic E-state index is 13.0. The molecule has 1 atom stereocenters. The van der Waals surface area contributed by atoms with Crippen molar-refractivity contribution in [2.45, 2.75) is 33.0 Å². The van der Waals surface area contributed by atoms with E-state index in [1.54, 1.807) is 4.90 Å². The smallest absolute Gasteiger partial charge is 0.324 e. The Bertz CT molecular complexity index is 1030. The number of amides is 3. The number of hydrogen-bond donors (Lipinski definition) is 2. The highest BCUT2D eigenvalue weighted by molar-refractivity contribution is 5.96. The lowest BCUT2D eigenvalue weighted by atomic mass is 10.0. The fraction of sp³-hybridized carbons (Fsp3) is 0.318. The molecule has 1 unspecified atom stereocenters. The molecule has 150 valence electrons. The van der Waals surface area contributed by atoms with Crippen molar-refractivity contribution in [3.8, 4) is 0 Å². The molecule has 2 N–H and O–H groups in total. The van der Waals surface area contributed by atoms with Crippen molar-refractivity contribution in [3.63, 3.8) is 0 Å². The summed E-state index contributed by atoms with van der Waals surface area (Å²) in [6.45, 7) is 5.50. The molecule has 2 heterocycles. The normalized spacial score (nSPS) is 14.1. The number of hydrogen-bond acceptors (Lipinski definition) is 3. The third kappa shape index (κ3) is 3.81. The number of para-hydroxylation sites is 2. The average Bonchev–Trinajstić information content (AvgIpc) is 3.30. The van der Waals surface area contributed by atoms with Crippen molar-refractivity contribution in [2.75, 3.05) is 11.4 Å². The van der Waals surface area contributed by atoms with Crippen LogP contribution in [0, 0.1) is 5.92 Å². The van der Waals surface area contributed by atoms with Crippen LogP contribution in [0.25, 0.3) is 11.0 Å². The third-order valence-corrected chi connectivity index (χ3v) is 5.21. The van der Waals surface area contributed by atoms with E-state index in [1.807, 2.05) is 73.0 Å². The van der Waals surface area contributed by atoms with Gasteiger partial charge in [-0.25, -0.2) is 9.78 Å². The van der Waals surface area contributed by atoms with Crippen LogP contribution >= 0.6 is 0 Å². The number of benzene rings is 2. The lowest BCUT2D eigenvalue weighted by molar-refractivity contribution is -0.124. The van der Waals surface area contributed by atoms with Crippen LogP contribution in [0.15, 0.2) is 54.6 Å². The number of carbonyl (C=O) groups excluding carboxylic acids is 2. The number of nitrogens with zero attached hydrogens (tertiary/aromatic N) is 3. The summed E-state index contributed by atoms with van der Waals surface area (Å²) in [6.07, 6.45) is 0. The van der Waals surface area contributed by atoms with Gasteiger partial charge in [0.25, 0.3) is 0 Å². The molecular weight excluding hydrogens is 366 g/mol. The quantitative estimate of drug-likeness (QED) is 0.702. The highest BCUT2D eigenvalue weighted by Gasteiger charge is 2.32. The zero-order valence-electron chi connectivity index (χ0n) is 16.6. The Morgan fingerprint density at radius 2 is 1.76 bits per heavy atom. The topological polar surface area (TPSA) is 79.3 Å². The second-order valence-corrected chi connectivity index (χ2v) is 7.58. The van der Waals surface area contributed by atoms with Gasteiger partial charge in [0.05, 0.1) is 11.0 Å². The molecule has 0 saturated heterocycles. The summed E-state index contributed by atoms with van der Waals surface area (Å²) in [5, 5.41) is 5.83. The molecule has 1 aliphatic rings. The molecule has 3 amide bonds. The van der Waals surface area contributed by atoms with E-state index in [-0.39, 0.29) is 17.9 Å². The van der Waals surface area contributed by atoms with E-state index in [0.717, 1.165) is 16.6 Å². The van der Waals surface area contributed by atoms with Gasteiger partial charge in [-0.15, -0.1) is 0 Å². The highest BCUT2D eigenvalue weighted by Crippen LogP contribution is 2.27. The van der Waals surface area contributed by atoms with Crippen LogP contribution in [0.3, 0.4) is 0 Å². The number of carbonyl (C=O) groups is 2. The summed E-state index contributed by atoms with van der Waals surface area (Å²) in [6, 6.07) is 16.6. The number of aromatic nitrogens is 2. The van der Waals surface area contributed by atoms with Crippen molar-refractivity contribution in [1.29, 1.82) is 0 Å². The standard InChI is InChI=1S/C22H25N5O2/c1-15(2)19(20(28)23-14-16-8-4-3-5-9-16)25-22(29)27-13-12-26-18-11-7-6-10-17(18)24-21(26)27/h3-11,15,19H,12-14H2,1-2H3,(H,23,28)(H,25,29). The molecule has 3 aromatic rings. The fourth-order valence-corrected chi connectivity index (χ4v) is 3.62. The summed E-state index contributed by atoms with van der Waals surface area (Å²) < 4.78 is 2.04. The lowest BCUT2D eigenvalue weighted by Crippen LogP contribution is -2.53. The van der Waals surface area contributed by atoms with Crippen molar-refractivity contribution < 1.29 is 9.59 Å². The van der Waals surface area contributed by atoms with Gasteiger partial charge >= 0.3 is 6.03 Å². The summed E-state index contributed by atoms with van der Waals surface area (Å²) in [5.41, 5.74) is 2.89. The second kappa shape index (κ2) is 7.95. The minimum Gasteiger partial charge on any atom is -0.350 e. The van der Waals surface area contributed by atoms with E-state index in [1.165, 1.54) is 0 Å². The van der Waals surface area contributed by atoms with Gasteiger partial charge in [0, 0.05) is 19.6 Å². The van der Waals surface area contributed by atoms with Crippen LogP contribution < -0.4 is 15.5 Å². The first-order valence-corrected chi connectivity index (χ1v) is 9.89. The molecule has 0 aliphatic carbocycles. The highest BCUT2D eigenvalue weighted by atomic mass is 16.2. The van der Waals surface area contributed by atoms with Gasteiger partial charge < -0.3 is 15.2 Å². The number of fused-ring (bicyclic) bond motifs is 3. The Morgan fingerprint density at radius 3 is 2.52 bits per heavy atom. The van der Waals surface area contributed by atoms with Crippen molar-refractivity contribution in [2.24, 2.45) is 5.92 Å². The number of nitrogens with one attached hydrogen (secondary N) is 2. The van der Waals surface area contributed by atoms with Gasteiger partial charge in [0.1, 0.15) is 6.04 Å². The minimum atomic E-state index is -0.621. The van der Waals surface area contributed by atoms with Crippen LogP contribution in [0.4, 0.5) is 10.7 Å². The van der Waals surface area contributed by atoms with E-state index < -0.39 is 6.04 Å². The third-order valence-electron chi connectivity index (χ3n) is 5.21. The van der Waals surface area contributed by atoms with Crippen LogP contribution in [0.1, 0.15) is 19.4 Å². The molecule has 0 spiro atoms. The molecule has 1 aliphatic heterocycles. The minimum absolute atomic E-state index is 0.0452. The molecular formula is C22H25N5O2. The maximum absolute atomic E-state index is 13.0. The summed E-state index contributed by atoms with van der Waals surface area (Å²) in [5.74, 6) is 0.386.